The summed E-state index contributed by atoms with van der Waals surface area (Å²) in [5, 5.41) is 3.58. The van der Waals surface area contributed by atoms with Gasteiger partial charge in [-0.05, 0) is 24.3 Å². The minimum absolute atomic E-state index is 0.154. The van der Waals surface area contributed by atoms with Crippen LogP contribution in [0.2, 0.25) is 0 Å². The van der Waals surface area contributed by atoms with Gasteiger partial charge in [-0.15, -0.1) is 0 Å². The van der Waals surface area contributed by atoms with E-state index in [1.807, 2.05) is 31.7 Å². The Morgan fingerprint density at radius 1 is 1.08 bits per heavy atom. The van der Waals surface area contributed by atoms with E-state index in [4.69, 9.17) is 9.47 Å². The molecular formula is C26H29F2N5O3. The van der Waals surface area contributed by atoms with E-state index in [2.05, 4.69) is 10.3 Å². The number of rotatable bonds is 9. The lowest BCUT2D eigenvalue weighted by Gasteiger charge is -2.28. The fraction of sp³-hybridized carbons (Fsp3) is 0.308. The Morgan fingerprint density at radius 3 is 2.36 bits per heavy atom. The standard InChI is InChI=1S/C26H29F2N5O3/c1-16(2)29-9-11-32(25-23(27)21(35-4)13-22(36-5)24(25)28)17-6-7-20-19(12-17)26(34)33(15-30-20)18-8-10-31(3)14-18/h6-8,10,12-16,29H,9,11H2,1-5H3. The van der Waals surface area contributed by atoms with Gasteiger partial charge in [-0.2, -0.15) is 0 Å². The Labute approximate surface area is 207 Å². The number of anilines is 2. The molecule has 4 aromatic rings. The zero-order chi connectivity index (χ0) is 26.0. The summed E-state index contributed by atoms with van der Waals surface area (Å²) in [6, 6.07) is 8.08. The Kier molecular flexibility index (Phi) is 7.25. The molecule has 0 amide bonds. The van der Waals surface area contributed by atoms with Gasteiger partial charge in [-0.3, -0.25) is 9.36 Å². The Balaban J connectivity index is 1.90. The van der Waals surface area contributed by atoms with Gasteiger partial charge < -0.3 is 24.3 Å². The zero-order valence-electron chi connectivity index (χ0n) is 20.9. The Morgan fingerprint density at radius 2 is 1.78 bits per heavy atom. The lowest BCUT2D eigenvalue weighted by atomic mass is 10.1. The first-order chi connectivity index (χ1) is 17.2. The number of nitrogens with one attached hydrogen (secondary N) is 1. The van der Waals surface area contributed by atoms with Crippen molar-refractivity contribution in [3.63, 3.8) is 0 Å². The number of aryl methyl sites for hydroxylation is 1. The molecule has 0 saturated carbocycles. The summed E-state index contributed by atoms with van der Waals surface area (Å²) in [7, 11) is 4.46. The molecule has 4 rings (SSSR count). The van der Waals surface area contributed by atoms with E-state index in [1.165, 1.54) is 36.1 Å². The number of hydrogen-bond acceptors (Lipinski definition) is 6. The molecule has 36 heavy (non-hydrogen) atoms. The van der Waals surface area contributed by atoms with Crippen LogP contribution >= 0.6 is 0 Å². The molecule has 0 radical (unpaired) electrons. The summed E-state index contributed by atoms with van der Waals surface area (Å²) < 4.78 is 44.5. The van der Waals surface area contributed by atoms with Gasteiger partial charge in [0.05, 0.1) is 30.8 Å². The Hall–Kier alpha value is -3.92. The number of ether oxygens (including phenoxy) is 2. The molecule has 8 nitrogen and oxygen atoms in total. The van der Waals surface area contributed by atoms with E-state index in [-0.39, 0.29) is 35.3 Å². The second-order valence-corrected chi connectivity index (χ2v) is 8.67. The molecule has 2 aromatic heterocycles. The highest BCUT2D eigenvalue weighted by molar-refractivity contribution is 5.84. The first-order valence-electron chi connectivity index (χ1n) is 11.5. The molecule has 10 heteroatoms. The van der Waals surface area contributed by atoms with Gasteiger partial charge >= 0.3 is 0 Å². The van der Waals surface area contributed by atoms with Crippen LogP contribution in [0.1, 0.15) is 13.8 Å². The number of hydrogen-bond donors (Lipinski definition) is 1. The van der Waals surface area contributed by atoms with Crippen molar-refractivity contribution in [1.82, 2.24) is 19.4 Å². The van der Waals surface area contributed by atoms with Gasteiger partial charge in [0.2, 0.25) is 0 Å². The van der Waals surface area contributed by atoms with Crippen LogP contribution in [-0.2, 0) is 7.05 Å². The molecule has 0 unspecified atom stereocenters. The molecule has 0 atom stereocenters. The van der Waals surface area contributed by atoms with Crippen molar-refractivity contribution in [2.75, 3.05) is 32.2 Å². The molecule has 0 aliphatic heterocycles. The molecule has 2 heterocycles. The first kappa shape index (κ1) is 25.2. The van der Waals surface area contributed by atoms with E-state index in [9.17, 15) is 4.79 Å². The lowest BCUT2D eigenvalue weighted by molar-refractivity contribution is 0.359. The van der Waals surface area contributed by atoms with Crippen molar-refractivity contribution >= 4 is 22.3 Å². The van der Waals surface area contributed by atoms with Crippen molar-refractivity contribution in [3.8, 4) is 17.2 Å². The number of nitrogens with zero attached hydrogens (tertiary/aromatic N) is 4. The SMILES string of the molecule is COc1cc(OC)c(F)c(N(CCNC(C)C)c2ccc3ncn(-c4ccn(C)c4)c(=O)c3c2)c1F. The molecule has 0 aliphatic carbocycles. The van der Waals surface area contributed by atoms with E-state index < -0.39 is 11.6 Å². The van der Waals surface area contributed by atoms with Crippen LogP contribution in [-0.4, -0.2) is 47.5 Å². The van der Waals surface area contributed by atoms with Crippen LogP contribution in [0.15, 0.2) is 53.8 Å². The fourth-order valence-corrected chi connectivity index (χ4v) is 4.04. The van der Waals surface area contributed by atoms with E-state index in [0.29, 0.717) is 28.8 Å². The maximum atomic E-state index is 15.5. The summed E-state index contributed by atoms with van der Waals surface area (Å²) >= 11 is 0. The summed E-state index contributed by atoms with van der Waals surface area (Å²) in [6.07, 6.45) is 5.10. The summed E-state index contributed by atoms with van der Waals surface area (Å²) in [5.41, 5.74) is 0.932. The monoisotopic (exact) mass is 497 g/mol. The second kappa shape index (κ2) is 10.4. The number of benzene rings is 2. The molecule has 0 fully saturated rings. The van der Waals surface area contributed by atoms with Crippen molar-refractivity contribution in [2.45, 2.75) is 19.9 Å². The largest absolute Gasteiger partial charge is 0.493 e. The van der Waals surface area contributed by atoms with Gasteiger partial charge in [-0.1, -0.05) is 13.8 Å². The number of methoxy groups -OCH3 is 2. The molecule has 2 aromatic carbocycles. The topological polar surface area (TPSA) is 73.6 Å². The van der Waals surface area contributed by atoms with Crippen molar-refractivity contribution in [3.05, 3.63) is 71.0 Å². The molecule has 0 saturated heterocycles. The number of fused-ring (bicyclic) bond motifs is 1. The number of halogens is 2. The highest BCUT2D eigenvalue weighted by atomic mass is 19.1. The highest BCUT2D eigenvalue weighted by Gasteiger charge is 2.26. The molecule has 0 bridgehead atoms. The van der Waals surface area contributed by atoms with E-state index in [1.54, 1.807) is 30.5 Å². The normalized spacial score (nSPS) is 11.3. The van der Waals surface area contributed by atoms with Crippen molar-refractivity contribution < 1.29 is 18.3 Å². The molecular weight excluding hydrogens is 468 g/mol. The highest BCUT2D eigenvalue weighted by Crippen LogP contribution is 2.40. The minimum atomic E-state index is -0.867. The van der Waals surface area contributed by atoms with Crippen LogP contribution in [0, 0.1) is 11.6 Å². The van der Waals surface area contributed by atoms with E-state index in [0.717, 1.165) is 0 Å². The molecule has 0 spiro atoms. The fourth-order valence-electron chi connectivity index (χ4n) is 4.04. The smallest absolute Gasteiger partial charge is 0.265 e. The van der Waals surface area contributed by atoms with Crippen molar-refractivity contribution in [1.29, 1.82) is 0 Å². The molecule has 0 aliphatic rings. The summed E-state index contributed by atoms with van der Waals surface area (Å²) in [6.45, 7) is 4.60. The predicted molar refractivity (Wildman–Crippen MR) is 136 cm³/mol. The quantitative estimate of drug-likeness (QED) is 0.375. The van der Waals surface area contributed by atoms with Gasteiger partial charge in [0.15, 0.2) is 23.1 Å². The second-order valence-electron chi connectivity index (χ2n) is 8.67. The zero-order valence-corrected chi connectivity index (χ0v) is 20.9. The average Bonchev–Trinajstić information content (AvgIpc) is 3.29. The van der Waals surface area contributed by atoms with Gasteiger partial charge in [-0.25, -0.2) is 13.8 Å². The van der Waals surface area contributed by atoms with E-state index >= 15 is 8.78 Å². The van der Waals surface area contributed by atoms with Crippen molar-refractivity contribution in [2.24, 2.45) is 7.05 Å². The van der Waals surface area contributed by atoms with Crippen LogP contribution in [0.25, 0.3) is 16.6 Å². The molecule has 1 N–H and O–H groups in total. The first-order valence-corrected chi connectivity index (χ1v) is 11.5. The van der Waals surface area contributed by atoms with Gasteiger partial charge in [0, 0.05) is 50.3 Å². The average molecular weight is 498 g/mol. The van der Waals surface area contributed by atoms with Gasteiger partial charge in [0.1, 0.15) is 12.0 Å². The minimum Gasteiger partial charge on any atom is -0.493 e. The Bertz CT molecular complexity index is 1420. The third-order valence-electron chi connectivity index (χ3n) is 5.86. The van der Waals surface area contributed by atoms with Crippen LogP contribution < -0.4 is 25.2 Å². The van der Waals surface area contributed by atoms with Crippen LogP contribution in [0.3, 0.4) is 0 Å². The summed E-state index contributed by atoms with van der Waals surface area (Å²) in [4.78, 5) is 19.3. The molecule has 190 valence electrons. The predicted octanol–water partition coefficient (Wildman–Crippen LogP) is 4.16. The van der Waals surface area contributed by atoms with Gasteiger partial charge in [0.25, 0.3) is 5.56 Å². The lowest BCUT2D eigenvalue weighted by Crippen LogP contribution is -2.33. The van der Waals surface area contributed by atoms with Crippen LogP contribution in [0.5, 0.6) is 11.5 Å². The third kappa shape index (κ3) is 4.76. The maximum Gasteiger partial charge on any atom is 0.265 e. The third-order valence-corrected chi connectivity index (χ3v) is 5.86. The number of aromatic nitrogens is 3. The van der Waals surface area contributed by atoms with Crippen LogP contribution in [0.4, 0.5) is 20.2 Å². The maximum absolute atomic E-state index is 15.5. The summed E-state index contributed by atoms with van der Waals surface area (Å²) in [5.74, 6) is -2.04.